The summed E-state index contributed by atoms with van der Waals surface area (Å²) < 4.78 is 0. The van der Waals surface area contributed by atoms with Gasteiger partial charge in [0.1, 0.15) is 0 Å². The van der Waals surface area contributed by atoms with Gasteiger partial charge in [-0.1, -0.05) is 25.9 Å². The predicted molar refractivity (Wildman–Crippen MR) is 41.4 cm³/mol. The summed E-state index contributed by atoms with van der Waals surface area (Å²) in [7, 11) is 0. The van der Waals surface area contributed by atoms with E-state index in [9.17, 15) is 0 Å². The summed E-state index contributed by atoms with van der Waals surface area (Å²) in [6.07, 6.45) is 2.41. The Balaban J connectivity index is 2.65. The van der Waals surface area contributed by atoms with Gasteiger partial charge in [-0.25, -0.2) is 0 Å². The first-order valence-corrected chi connectivity index (χ1v) is 3.78. The van der Waals surface area contributed by atoms with Crippen LogP contribution in [-0.4, -0.2) is 10.9 Å². The standard InChI is InChI=1S/C8H15NO/c1-8(2,3)7(9-10)6-4-5-6/h6,10H,4-5H2,1-3H3/b9-7+. The minimum absolute atomic E-state index is 0.0515. The third-order valence-corrected chi connectivity index (χ3v) is 1.84. The Kier molecular flexibility index (Phi) is 1.71. The van der Waals surface area contributed by atoms with E-state index in [4.69, 9.17) is 5.21 Å². The molecule has 1 fully saturated rings. The van der Waals surface area contributed by atoms with Crippen LogP contribution in [0.15, 0.2) is 5.16 Å². The van der Waals surface area contributed by atoms with Gasteiger partial charge in [0.25, 0.3) is 0 Å². The molecule has 1 aliphatic carbocycles. The molecule has 0 saturated heterocycles. The van der Waals surface area contributed by atoms with Gasteiger partial charge in [0.05, 0.1) is 5.71 Å². The van der Waals surface area contributed by atoms with Crippen LogP contribution in [0.25, 0.3) is 0 Å². The second kappa shape index (κ2) is 2.26. The molecule has 0 aromatic carbocycles. The van der Waals surface area contributed by atoms with Crippen molar-refractivity contribution in [3.8, 4) is 0 Å². The third kappa shape index (κ3) is 1.49. The lowest BCUT2D eigenvalue weighted by atomic mass is 9.87. The number of hydrogen-bond acceptors (Lipinski definition) is 2. The first-order chi connectivity index (χ1) is 4.55. The van der Waals surface area contributed by atoms with Crippen LogP contribution >= 0.6 is 0 Å². The van der Waals surface area contributed by atoms with Crippen molar-refractivity contribution in [1.29, 1.82) is 0 Å². The zero-order valence-electron chi connectivity index (χ0n) is 6.89. The molecule has 0 heterocycles. The zero-order chi connectivity index (χ0) is 7.78. The van der Waals surface area contributed by atoms with E-state index in [2.05, 4.69) is 25.9 Å². The van der Waals surface area contributed by atoms with Gasteiger partial charge in [0, 0.05) is 11.3 Å². The molecule has 58 valence electrons. The van der Waals surface area contributed by atoms with E-state index in [1.807, 2.05) is 0 Å². The number of hydrogen-bond donors (Lipinski definition) is 1. The molecule has 1 N–H and O–H groups in total. The summed E-state index contributed by atoms with van der Waals surface area (Å²) in [5, 5.41) is 12.0. The Morgan fingerprint density at radius 3 is 2.00 bits per heavy atom. The fraction of sp³-hybridized carbons (Fsp3) is 0.875. The van der Waals surface area contributed by atoms with E-state index in [1.54, 1.807) is 0 Å². The number of nitrogens with zero attached hydrogens (tertiary/aromatic N) is 1. The maximum atomic E-state index is 8.66. The molecule has 1 aliphatic rings. The summed E-state index contributed by atoms with van der Waals surface area (Å²) in [5.74, 6) is 0.574. The van der Waals surface area contributed by atoms with Gasteiger partial charge in [0.15, 0.2) is 0 Å². The molecule has 2 nitrogen and oxygen atoms in total. The van der Waals surface area contributed by atoms with E-state index in [-0.39, 0.29) is 5.41 Å². The van der Waals surface area contributed by atoms with Gasteiger partial charge in [-0.05, 0) is 12.8 Å². The summed E-state index contributed by atoms with van der Waals surface area (Å²) in [4.78, 5) is 0. The summed E-state index contributed by atoms with van der Waals surface area (Å²) in [5.41, 5.74) is 1.02. The van der Waals surface area contributed by atoms with E-state index in [0.29, 0.717) is 5.92 Å². The van der Waals surface area contributed by atoms with Gasteiger partial charge in [-0.3, -0.25) is 0 Å². The van der Waals surface area contributed by atoms with Crippen molar-refractivity contribution in [3.63, 3.8) is 0 Å². The van der Waals surface area contributed by atoms with Gasteiger partial charge < -0.3 is 5.21 Å². The number of oxime groups is 1. The van der Waals surface area contributed by atoms with E-state index < -0.39 is 0 Å². The van der Waals surface area contributed by atoms with Crippen LogP contribution in [0.2, 0.25) is 0 Å². The molecule has 0 aliphatic heterocycles. The lowest BCUT2D eigenvalue weighted by Crippen LogP contribution is -2.22. The molecule has 0 bridgehead atoms. The Morgan fingerprint density at radius 1 is 1.40 bits per heavy atom. The molecule has 0 amide bonds. The molecule has 0 radical (unpaired) electrons. The maximum absolute atomic E-state index is 8.66. The Hall–Kier alpha value is -0.530. The predicted octanol–water partition coefficient (Wildman–Crippen LogP) is 2.27. The molecule has 0 atom stereocenters. The van der Waals surface area contributed by atoms with Crippen LogP contribution < -0.4 is 0 Å². The zero-order valence-corrected chi connectivity index (χ0v) is 6.89. The van der Waals surface area contributed by atoms with Gasteiger partial charge in [-0.15, -0.1) is 0 Å². The molecular formula is C8H15NO. The number of rotatable bonds is 1. The first-order valence-electron chi connectivity index (χ1n) is 3.78. The maximum Gasteiger partial charge on any atom is 0.0654 e. The van der Waals surface area contributed by atoms with Gasteiger partial charge >= 0.3 is 0 Å². The van der Waals surface area contributed by atoms with Crippen LogP contribution in [0.3, 0.4) is 0 Å². The molecule has 0 aromatic rings. The van der Waals surface area contributed by atoms with Crippen LogP contribution in [0.5, 0.6) is 0 Å². The minimum Gasteiger partial charge on any atom is -0.411 e. The van der Waals surface area contributed by atoms with Crippen LogP contribution in [0, 0.1) is 11.3 Å². The Morgan fingerprint density at radius 2 is 1.90 bits per heavy atom. The molecule has 0 aromatic heterocycles. The van der Waals surface area contributed by atoms with Crippen molar-refractivity contribution in [2.24, 2.45) is 16.5 Å². The van der Waals surface area contributed by atoms with E-state index >= 15 is 0 Å². The van der Waals surface area contributed by atoms with Gasteiger partial charge in [0.2, 0.25) is 0 Å². The summed E-state index contributed by atoms with van der Waals surface area (Å²) in [6, 6.07) is 0. The first kappa shape index (κ1) is 7.58. The van der Waals surface area contributed by atoms with Crippen molar-refractivity contribution < 1.29 is 5.21 Å². The quantitative estimate of drug-likeness (QED) is 0.339. The van der Waals surface area contributed by atoms with Crippen molar-refractivity contribution >= 4 is 5.71 Å². The SMILES string of the molecule is CC(C)(C)/C(=N/O)C1CC1. The summed E-state index contributed by atoms with van der Waals surface area (Å²) in [6.45, 7) is 6.25. The van der Waals surface area contributed by atoms with Crippen molar-refractivity contribution in [1.82, 2.24) is 0 Å². The largest absolute Gasteiger partial charge is 0.411 e. The van der Waals surface area contributed by atoms with Crippen LogP contribution in [0.4, 0.5) is 0 Å². The van der Waals surface area contributed by atoms with E-state index in [1.165, 1.54) is 12.8 Å². The molecule has 1 rings (SSSR count). The average Bonchev–Trinajstić information content (AvgIpc) is 2.46. The molecule has 0 unspecified atom stereocenters. The molecule has 1 saturated carbocycles. The second-order valence-corrected chi connectivity index (χ2v) is 4.01. The molecule has 2 heteroatoms. The Labute approximate surface area is 61.9 Å². The second-order valence-electron chi connectivity index (χ2n) is 4.01. The van der Waals surface area contributed by atoms with Crippen molar-refractivity contribution in [3.05, 3.63) is 0 Å². The smallest absolute Gasteiger partial charge is 0.0654 e. The highest BCUT2D eigenvalue weighted by atomic mass is 16.4. The lowest BCUT2D eigenvalue weighted by Gasteiger charge is -2.18. The minimum atomic E-state index is 0.0515. The fourth-order valence-corrected chi connectivity index (χ4v) is 1.20. The Bertz CT molecular complexity index is 151. The monoisotopic (exact) mass is 141 g/mol. The third-order valence-electron chi connectivity index (χ3n) is 1.84. The van der Waals surface area contributed by atoms with Crippen molar-refractivity contribution in [2.45, 2.75) is 33.6 Å². The average molecular weight is 141 g/mol. The lowest BCUT2D eigenvalue weighted by molar-refractivity contribution is 0.308. The van der Waals surface area contributed by atoms with Crippen molar-refractivity contribution in [2.75, 3.05) is 0 Å². The summed E-state index contributed by atoms with van der Waals surface area (Å²) >= 11 is 0. The van der Waals surface area contributed by atoms with E-state index in [0.717, 1.165) is 5.71 Å². The normalized spacial score (nSPS) is 21.3. The highest BCUT2D eigenvalue weighted by molar-refractivity contribution is 5.92. The molecule has 0 spiro atoms. The molecular weight excluding hydrogens is 126 g/mol. The van der Waals surface area contributed by atoms with Crippen LogP contribution in [-0.2, 0) is 0 Å². The highest BCUT2D eigenvalue weighted by Crippen LogP contribution is 2.37. The highest BCUT2D eigenvalue weighted by Gasteiger charge is 2.35. The topological polar surface area (TPSA) is 32.6 Å². The van der Waals surface area contributed by atoms with Crippen LogP contribution in [0.1, 0.15) is 33.6 Å². The van der Waals surface area contributed by atoms with Gasteiger partial charge in [-0.2, -0.15) is 0 Å². The fourth-order valence-electron chi connectivity index (χ4n) is 1.20. The molecule has 10 heavy (non-hydrogen) atoms.